The van der Waals surface area contributed by atoms with Gasteiger partial charge in [0.2, 0.25) is 23.6 Å². The van der Waals surface area contributed by atoms with Crippen molar-refractivity contribution in [3.05, 3.63) is 64.4 Å². The fourth-order valence-electron chi connectivity index (χ4n) is 5.81. The van der Waals surface area contributed by atoms with Gasteiger partial charge in [-0.05, 0) is 85.0 Å². The number of alkyl halides is 1. The number of anilines is 1. The third kappa shape index (κ3) is 11.1. The van der Waals surface area contributed by atoms with Crippen molar-refractivity contribution in [1.82, 2.24) is 26.2 Å². The Morgan fingerprint density at radius 3 is 2.18 bits per heavy atom. The van der Waals surface area contributed by atoms with Gasteiger partial charge < -0.3 is 32.3 Å². The second kappa shape index (κ2) is 19.0. The summed E-state index contributed by atoms with van der Waals surface area (Å²) in [5.41, 5.74) is 5.84. The van der Waals surface area contributed by atoms with E-state index in [1.54, 1.807) is 24.3 Å². The van der Waals surface area contributed by atoms with Gasteiger partial charge in [-0.3, -0.25) is 33.7 Å². The summed E-state index contributed by atoms with van der Waals surface area (Å²) < 4.78 is 0. The van der Waals surface area contributed by atoms with Crippen molar-refractivity contribution in [2.24, 2.45) is 11.1 Å². The highest BCUT2D eigenvalue weighted by atomic mass is 35.5. The van der Waals surface area contributed by atoms with Crippen LogP contribution in [0.25, 0.3) is 0 Å². The molecule has 1 aliphatic carbocycles. The van der Waals surface area contributed by atoms with Crippen LogP contribution in [0.5, 0.6) is 0 Å². The first-order chi connectivity index (χ1) is 24.5. The van der Waals surface area contributed by atoms with Gasteiger partial charge in [-0.15, -0.1) is 11.6 Å². The number of halogens is 1. The van der Waals surface area contributed by atoms with Gasteiger partial charge in [-0.25, -0.2) is 4.79 Å². The Balaban J connectivity index is 1.34. The topological polar surface area (TPSA) is 209 Å². The molecule has 4 rings (SSSR count). The number of hydrogen-bond donors (Lipinski definition) is 6. The predicted octanol–water partition coefficient (Wildman–Crippen LogP) is 2.99. The number of carbonyl (C=O) groups is 7. The first-order valence-corrected chi connectivity index (χ1v) is 18.4. The summed E-state index contributed by atoms with van der Waals surface area (Å²) in [4.78, 5) is 89.8. The Bertz CT molecular complexity index is 1580. The molecule has 1 saturated carbocycles. The maximum Gasteiger partial charge on any atom is 0.312 e. The molecule has 7 N–H and O–H groups in total. The number of benzene rings is 1. The predicted molar refractivity (Wildman–Crippen MR) is 192 cm³/mol. The fraction of sp³-hybridized carbons (Fsp3) is 0.457. The van der Waals surface area contributed by atoms with Crippen LogP contribution in [0, 0.1) is 5.41 Å². The molecule has 0 unspecified atom stereocenters. The van der Waals surface area contributed by atoms with Gasteiger partial charge in [-0.2, -0.15) is 11.3 Å². The summed E-state index contributed by atoms with van der Waals surface area (Å²) >= 11 is 7.29. The second-order valence-corrected chi connectivity index (χ2v) is 13.6. The van der Waals surface area contributed by atoms with Crippen LogP contribution in [-0.4, -0.2) is 72.1 Å². The van der Waals surface area contributed by atoms with Gasteiger partial charge in [0.15, 0.2) is 0 Å². The van der Waals surface area contributed by atoms with E-state index in [1.165, 1.54) is 28.4 Å². The lowest BCUT2D eigenvalue weighted by atomic mass is 9.67. The van der Waals surface area contributed by atoms with Crippen LogP contribution < -0.4 is 32.3 Å². The molecule has 16 heteroatoms. The molecular formula is C35H44ClN7O7S. The van der Waals surface area contributed by atoms with Gasteiger partial charge in [0, 0.05) is 43.4 Å². The summed E-state index contributed by atoms with van der Waals surface area (Å²) in [6, 6.07) is 6.34. The SMILES string of the molecule is NC(=O)NCCC[C@H](NC(=O)C1(C(=O)N[C@@H](CC(=O)NCCCCCN2C(=O)C=CC2=O)c2ccsc2)CCC1)C(=O)Nc1ccc(CCl)cc1. The molecule has 51 heavy (non-hydrogen) atoms. The number of imide groups is 1. The number of hydrogen-bond acceptors (Lipinski definition) is 8. The van der Waals surface area contributed by atoms with Gasteiger partial charge in [0.25, 0.3) is 11.8 Å². The molecular weight excluding hydrogens is 698 g/mol. The number of thiophene rings is 1. The van der Waals surface area contributed by atoms with E-state index >= 15 is 0 Å². The van der Waals surface area contributed by atoms with Crippen molar-refractivity contribution in [3.8, 4) is 0 Å². The van der Waals surface area contributed by atoms with Crippen LogP contribution in [0.4, 0.5) is 10.5 Å². The van der Waals surface area contributed by atoms with Crippen LogP contribution in [0.2, 0.25) is 0 Å². The third-order valence-electron chi connectivity index (χ3n) is 8.96. The van der Waals surface area contributed by atoms with Crippen LogP contribution in [0.1, 0.15) is 75.0 Å². The Morgan fingerprint density at radius 1 is 0.882 bits per heavy atom. The highest BCUT2D eigenvalue weighted by Crippen LogP contribution is 2.42. The van der Waals surface area contributed by atoms with Crippen LogP contribution in [0.15, 0.2) is 53.2 Å². The molecule has 1 aromatic heterocycles. The van der Waals surface area contributed by atoms with E-state index in [0.717, 1.165) is 11.1 Å². The average molecular weight is 742 g/mol. The zero-order chi connectivity index (χ0) is 36.8. The molecule has 0 bridgehead atoms. The number of nitrogens with zero attached hydrogens (tertiary/aromatic N) is 1. The molecule has 274 valence electrons. The minimum absolute atomic E-state index is 0.0526. The number of amides is 8. The van der Waals surface area contributed by atoms with E-state index < -0.39 is 41.3 Å². The molecule has 14 nitrogen and oxygen atoms in total. The van der Waals surface area contributed by atoms with Gasteiger partial charge in [-0.1, -0.05) is 18.6 Å². The average Bonchev–Trinajstić information content (AvgIpc) is 3.73. The summed E-state index contributed by atoms with van der Waals surface area (Å²) in [5.74, 6) is -2.21. The summed E-state index contributed by atoms with van der Waals surface area (Å²) in [6.45, 7) is 0.888. The minimum atomic E-state index is -1.43. The Morgan fingerprint density at radius 2 is 1.57 bits per heavy atom. The molecule has 2 aromatic rings. The normalized spacial score (nSPS) is 15.7. The highest BCUT2D eigenvalue weighted by molar-refractivity contribution is 7.08. The third-order valence-corrected chi connectivity index (χ3v) is 9.97. The van der Waals surface area contributed by atoms with E-state index in [-0.39, 0.29) is 49.9 Å². The number of carbonyl (C=O) groups excluding carboxylic acids is 7. The zero-order valence-electron chi connectivity index (χ0n) is 28.2. The molecule has 2 aliphatic rings. The summed E-state index contributed by atoms with van der Waals surface area (Å²) in [5, 5.41) is 17.5. The summed E-state index contributed by atoms with van der Waals surface area (Å²) in [6.07, 6.45) is 6.07. The lowest BCUT2D eigenvalue weighted by Crippen LogP contribution is -2.59. The van der Waals surface area contributed by atoms with Crippen molar-refractivity contribution in [3.63, 3.8) is 0 Å². The van der Waals surface area contributed by atoms with Gasteiger partial charge in [0.1, 0.15) is 11.5 Å². The Kier molecular flexibility index (Phi) is 14.6. The van der Waals surface area contributed by atoms with Crippen molar-refractivity contribution < 1.29 is 33.6 Å². The van der Waals surface area contributed by atoms with E-state index in [1.807, 2.05) is 16.8 Å². The molecule has 8 amide bonds. The van der Waals surface area contributed by atoms with Gasteiger partial charge >= 0.3 is 6.03 Å². The monoisotopic (exact) mass is 741 g/mol. The molecule has 0 radical (unpaired) electrons. The number of rotatable bonds is 20. The zero-order valence-corrected chi connectivity index (χ0v) is 29.8. The molecule has 1 aliphatic heterocycles. The molecule has 0 saturated heterocycles. The first-order valence-electron chi connectivity index (χ1n) is 17.0. The smallest absolute Gasteiger partial charge is 0.312 e. The van der Waals surface area contributed by atoms with Gasteiger partial charge in [0.05, 0.1) is 12.5 Å². The first kappa shape index (κ1) is 39.0. The number of unbranched alkanes of at least 4 members (excludes halogenated alkanes) is 2. The standard InChI is InChI=1S/C35H44ClN7O7S/c36-21-23-7-9-25(10-8-23)40-31(47)26(6-4-17-39-34(37)50)41-32(48)35(14-5-15-35)33(49)42-27(24-13-19-51-22-24)20-28(44)38-16-2-1-3-18-43-29(45)11-12-30(43)46/h7-13,19,22,26-27H,1-6,14-18,20-21H2,(H,38,44)(H,40,47)(H,41,48)(H,42,49)(H3,37,39,50)/t26-,27-/m0/s1. The van der Waals surface area contributed by atoms with E-state index in [2.05, 4.69) is 26.6 Å². The molecule has 1 fully saturated rings. The summed E-state index contributed by atoms with van der Waals surface area (Å²) in [7, 11) is 0. The van der Waals surface area contributed by atoms with Crippen molar-refractivity contribution in [1.29, 1.82) is 0 Å². The molecule has 1 aromatic carbocycles. The van der Waals surface area contributed by atoms with E-state index in [0.29, 0.717) is 56.8 Å². The fourth-order valence-corrected chi connectivity index (χ4v) is 6.70. The quantitative estimate of drug-likeness (QED) is 0.0517. The number of nitrogens with two attached hydrogens (primary N) is 1. The number of nitrogens with one attached hydrogen (secondary N) is 5. The lowest BCUT2D eigenvalue weighted by molar-refractivity contribution is -0.151. The molecule has 2 atom stereocenters. The van der Waals surface area contributed by atoms with E-state index in [9.17, 15) is 33.6 Å². The van der Waals surface area contributed by atoms with Crippen LogP contribution in [-0.2, 0) is 34.6 Å². The van der Waals surface area contributed by atoms with Crippen molar-refractivity contribution in [2.45, 2.75) is 75.8 Å². The Labute approximate surface area is 305 Å². The maximum absolute atomic E-state index is 13.9. The number of primary amides is 1. The number of urea groups is 1. The maximum atomic E-state index is 13.9. The van der Waals surface area contributed by atoms with Crippen LogP contribution >= 0.6 is 22.9 Å². The minimum Gasteiger partial charge on any atom is -0.356 e. The molecule has 0 spiro atoms. The van der Waals surface area contributed by atoms with E-state index in [4.69, 9.17) is 17.3 Å². The largest absolute Gasteiger partial charge is 0.356 e. The van der Waals surface area contributed by atoms with Crippen molar-refractivity contribution in [2.75, 3.05) is 25.0 Å². The van der Waals surface area contributed by atoms with Crippen LogP contribution in [0.3, 0.4) is 0 Å². The van der Waals surface area contributed by atoms with Crippen molar-refractivity contribution >= 4 is 70.1 Å². The second-order valence-electron chi connectivity index (χ2n) is 12.6. The lowest BCUT2D eigenvalue weighted by Gasteiger charge is -2.40. The Hall–Kier alpha value is -4.76. The highest BCUT2D eigenvalue weighted by Gasteiger charge is 2.52. The molecule has 2 heterocycles.